The Morgan fingerprint density at radius 1 is 1.56 bits per heavy atom. The minimum atomic E-state index is -0.674. The van der Waals surface area contributed by atoms with Gasteiger partial charge in [0.05, 0.1) is 12.0 Å². The van der Waals surface area contributed by atoms with E-state index in [0.29, 0.717) is 0 Å². The first-order valence-electron chi connectivity index (χ1n) is 4.86. The Labute approximate surface area is 102 Å². The van der Waals surface area contributed by atoms with Crippen molar-refractivity contribution in [2.75, 3.05) is 25.5 Å². The number of nitrogens with two attached hydrogens (primary N) is 1. The summed E-state index contributed by atoms with van der Waals surface area (Å²) in [5, 5.41) is 15.9. The maximum atomic E-state index is 10.9. The van der Waals surface area contributed by atoms with Gasteiger partial charge in [0.25, 0.3) is 5.88 Å². The average Bonchev–Trinajstić information content (AvgIpc) is 2.33. The molecule has 0 saturated heterocycles. The Balaban J connectivity index is 2.75. The van der Waals surface area contributed by atoms with E-state index in [1.807, 2.05) is 0 Å². The largest absolute Gasteiger partial charge is 0.476 e. The number of anilines is 1. The van der Waals surface area contributed by atoms with Gasteiger partial charge in [-0.15, -0.1) is 0 Å². The van der Waals surface area contributed by atoms with Crippen LogP contribution in [0.5, 0.6) is 5.88 Å². The molecule has 1 aromatic heterocycles. The third kappa shape index (κ3) is 3.43. The van der Waals surface area contributed by atoms with Crippen molar-refractivity contribution in [3.05, 3.63) is 16.4 Å². The van der Waals surface area contributed by atoms with Crippen molar-refractivity contribution >= 4 is 17.5 Å². The number of hydrogen-bond donors (Lipinski definition) is 3. The Morgan fingerprint density at radius 2 is 2.28 bits per heavy atom. The van der Waals surface area contributed by atoms with Crippen LogP contribution in [0.3, 0.4) is 0 Å². The lowest BCUT2D eigenvalue weighted by Crippen LogP contribution is -2.33. The molecule has 0 radical (unpaired) electrons. The molecule has 1 aromatic rings. The molecule has 2 amide bonds. The number of nitrogens with zero attached hydrogens (tertiary/aromatic N) is 3. The van der Waals surface area contributed by atoms with Crippen LogP contribution in [-0.2, 0) is 0 Å². The van der Waals surface area contributed by atoms with E-state index in [0.717, 1.165) is 6.33 Å². The molecule has 0 aromatic carbocycles. The van der Waals surface area contributed by atoms with Crippen LogP contribution in [0.1, 0.15) is 0 Å². The van der Waals surface area contributed by atoms with Gasteiger partial charge in [-0.3, -0.25) is 10.1 Å². The van der Waals surface area contributed by atoms with Crippen molar-refractivity contribution < 1.29 is 14.5 Å². The molecule has 10 heteroatoms. The zero-order chi connectivity index (χ0) is 13.5. The third-order valence-corrected chi connectivity index (χ3v) is 1.88. The fraction of sp³-hybridized carbons (Fsp3) is 0.375. The van der Waals surface area contributed by atoms with Gasteiger partial charge in [0.15, 0.2) is 0 Å². The van der Waals surface area contributed by atoms with Gasteiger partial charge in [-0.1, -0.05) is 0 Å². The summed E-state index contributed by atoms with van der Waals surface area (Å²) in [5.74, 6) is -0.126. The van der Waals surface area contributed by atoms with Crippen LogP contribution in [0.15, 0.2) is 6.33 Å². The summed E-state index contributed by atoms with van der Waals surface area (Å²) in [7, 11) is 1.27. The number of carbonyl (C=O) groups excluding carboxylic acids is 1. The summed E-state index contributed by atoms with van der Waals surface area (Å²) in [5.41, 5.74) is 4.50. The van der Waals surface area contributed by atoms with Crippen molar-refractivity contribution in [1.29, 1.82) is 0 Å². The average molecular weight is 256 g/mol. The fourth-order valence-electron chi connectivity index (χ4n) is 1.17. The number of ether oxygens (including phenoxy) is 1. The summed E-state index contributed by atoms with van der Waals surface area (Å²) >= 11 is 0. The molecule has 0 bridgehead atoms. The van der Waals surface area contributed by atoms with Crippen LogP contribution in [0.25, 0.3) is 0 Å². The number of amides is 2. The van der Waals surface area contributed by atoms with Crippen LogP contribution < -0.4 is 21.1 Å². The van der Waals surface area contributed by atoms with E-state index >= 15 is 0 Å². The minimum Gasteiger partial charge on any atom is -0.476 e. The number of hydrogen-bond acceptors (Lipinski definition) is 7. The monoisotopic (exact) mass is 256 g/mol. The predicted molar refractivity (Wildman–Crippen MR) is 61.3 cm³/mol. The molecule has 1 rings (SSSR count). The summed E-state index contributed by atoms with van der Waals surface area (Å²) in [6, 6.07) is -0.674. The Kier molecular flexibility index (Phi) is 4.60. The van der Waals surface area contributed by atoms with Gasteiger partial charge < -0.3 is 21.1 Å². The topological polar surface area (TPSA) is 145 Å². The molecule has 0 fully saturated rings. The van der Waals surface area contributed by atoms with Gasteiger partial charge in [-0.25, -0.2) is 9.78 Å². The van der Waals surface area contributed by atoms with Crippen LogP contribution in [0.2, 0.25) is 0 Å². The summed E-state index contributed by atoms with van der Waals surface area (Å²) < 4.78 is 4.77. The SMILES string of the molecule is COc1ncnc(NCCNC(N)=O)c1[N+](=O)[O-]. The van der Waals surface area contributed by atoms with E-state index < -0.39 is 11.0 Å². The van der Waals surface area contributed by atoms with Crippen molar-refractivity contribution in [2.24, 2.45) is 5.73 Å². The lowest BCUT2D eigenvalue weighted by Gasteiger charge is -2.07. The first-order valence-corrected chi connectivity index (χ1v) is 4.86. The summed E-state index contributed by atoms with van der Waals surface area (Å²) in [6.07, 6.45) is 1.13. The van der Waals surface area contributed by atoms with Crippen molar-refractivity contribution in [3.63, 3.8) is 0 Å². The molecule has 0 spiro atoms. The number of nitrogens with one attached hydrogen (secondary N) is 2. The van der Waals surface area contributed by atoms with E-state index in [1.54, 1.807) is 0 Å². The fourth-order valence-corrected chi connectivity index (χ4v) is 1.17. The highest BCUT2D eigenvalue weighted by molar-refractivity contribution is 5.71. The lowest BCUT2D eigenvalue weighted by molar-refractivity contribution is -0.385. The standard InChI is InChI=1S/C8H12N6O4/c1-18-7-5(14(16)17)6(12-4-13-7)10-2-3-11-8(9)15/h4H,2-3H2,1H3,(H3,9,11,15)(H,10,12,13). The molecular formula is C8H12N6O4. The van der Waals surface area contributed by atoms with E-state index in [1.165, 1.54) is 7.11 Å². The van der Waals surface area contributed by atoms with E-state index in [2.05, 4.69) is 20.6 Å². The van der Waals surface area contributed by atoms with Crippen molar-refractivity contribution in [1.82, 2.24) is 15.3 Å². The number of carbonyl (C=O) groups is 1. The quantitative estimate of drug-likeness (QED) is 0.352. The third-order valence-electron chi connectivity index (χ3n) is 1.88. The number of primary amides is 1. The molecule has 0 aliphatic rings. The summed E-state index contributed by atoms with van der Waals surface area (Å²) in [6.45, 7) is 0.433. The predicted octanol–water partition coefficient (Wildman–Crippen LogP) is -0.526. The normalized spacial score (nSPS) is 9.61. The molecule has 0 atom stereocenters. The summed E-state index contributed by atoms with van der Waals surface area (Å²) in [4.78, 5) is 28.0. The lowest BCUT2D eigenvalue weighted by atomic mass is 10.4. The molecule has 98 valence electrons. The highest BCUT2D eigenvalue weighted by Crippen LogP contribution is 2.29. The van der Waals surface area contributed by atoms with Crippen molar-refractivity contribution in [2.45, 2.75) is 0 Å². The first kappa shape index (κ1) is 13.4. The second kappa shape index (κ2) is 6.18. The Morgan fingerprint density at radius 3 is 2.83 bits per heavy atom. The van der Waals surface area contributed by atoms with Gasteiger partial charge >= 0.3 is 11.7 Å². The van der Waals surface area contributed by atoms with E-state index in [-0.39, 0.29) is 30.5 Å². The van der Waals surface area contributed by atoms with Gasteiger partial charge in [-0.05, 0) is 0 Å². The van der Waals surface area contributed by atoms with Crippen molar-refractivity contribution in [3.8, 4) is 5.88 Å². The van der Waals surface area contributed by atoms with Crippen LogP contribution in [-0.4, -0.2) is 41.1 Å². The van der Waals surface area contributed by atoms with Gasteiger partial charge in [0.1, 0.15) is 6.33 Å². The molecule has 18 heavy (non-hydrogen) atoms. The highest BCUT2D eigenvalue weighted by atomic mass is 16.6. The van der Waals surface area contributed by atoms with Crippen LogP contribution >= 0.6 is 0 Å². The molecule has 10 nitrogen and oxygen atoms in total. The molecule has 0 saturated carbocycles. The molecule has 0 aliphatic heterocycles. The number of urea groups is 1. The number of methoxy groups -OCH3 is 1. The molecular weight excluding hydrogens is 244 g/mol. The maximum absolute atomic E-state index is 10.9. The van der Waals surface area contributed by atoms with Gasteiger partial charge in [0, 0.05) is 13.1 Å². The van der Waals surface area contributed by atoms with Gasteiger partial charge in [0.2, 0.25) is 5.82 Å². The number of nitro groups is 1. The smallest absolute Gasteiger partial charge is 0.372 e. The number of rotatable bonds is 6. The van der Waals surface area contributed by atoms with Crippen LogP contribution in [0, 0.1) is 10.1 Å². The zero-order valence-corrected chi connectivity index (χ0v) is 9.54. The maximum Gasteiger partial charge on any atom is 0.372 e. The minimum absolute atomic E-state index is 0.0121. The number of aromatic nitrogens is 2. The molecule has 1 heterocycles. The highest BCUT2D eigenvalue weighted by Gasteiger charge is 2.23. The van der Waals surface area contributed by atoms with E-state index in [9.17, 15) is 14.9 Å². The zero-order valence-electron chi connectivity index (χ0n) is 9.54. The first-order chi connectivity index (χ1) is 8.56. The molecule has 0 aliphatic carbocycles. The molecule has 4 N–H and O–H groups in total. The Bertz CT molecular complexity index is 451. The van der Waals surface area contributed by atoms with E-state index in [4.69, 9.17) is 10.5 Å². The molecule has 0 unspecified atom stereocenters. The van der Waals surface area contributed by atoms with Crippen LogP contribution in [0.4, 0.5) is 16.3 Å². The second-order valence-corrected chi connectivity index (χ2v) is 3.06. The second-order valence-electron chi connectivity index (χ2n) is 3.06. The van der Waals surface area contributed by atoms with Gasteiger partial charge in [-0.2, -0.15) is 4.98 Å². The Hall–Kier alpha value is -2.65.